The number of benzene rings is 1. The SMILES string of the molecule is Cn1ccnc1C(O)(Cc1noc(-c2cc3c(s2)-c2ccccc2CC3)n1)C(F)(F)F. The van der Waals surface area contributed by atoms with E-state index in [9.17, 15) is 18.3 Å². The average molecular weight is 446 g/mol. The van der Waals surface area contributed by atoms with Crippen molar-refractivity contribution in [2.45, 2.75) is 31.0 Å². The molecule has 1 aromatic carbocycles. The van der Waals surface area contributed by atoms with Gasteiger partial charge in [0.1, 0.15) is 0 Å². The van der Waals surface area contributed by atoms with Gasteiger partial charge in [-0.15, -0.1) is 11.3 Å². The van der Waals surface area contributed by atoms with Crippen molar-refractivity contribution in [1.82, 2.24) is 19.7 Å². The zero-order chi connectivity index (χ0) is 21.8. The van der Waals surface area contributed by atoms with Crippen molar-refractivity contribution in [3.8, 4) is 21.2 Å². The summed E-state index contributed by atoms with van der Waals surface area (Å²) in [5.74, 6) is -0.643. The van der Waals surface area contributed by atoms with Crippen molar-refractivity contribution in [1.29, 1.82) is 0 Å². The summed E-state index contributed by atoms with van der Waals surface area (Å²) >= 11 is 1.47. The lowest BCUT2D eigenvalue weighted by atomic mass is 9.91. The summed E-state index contributed by atoms with van der Waals surface area (Å²) in [6.45, 7) is 0. The number of rotatable bonds is 4. The topological polar surface area (TPSA) is 77.0 Å². The van der Waals surface area contributed by atoms with Gasteiger partial charge in [0.2, 0.25) is 5.60 Å². The van der Waals surface area contributed by atoms with Crippen LogP contribution in [0.1, 0.15) is 22.8 Å². The lowest BCUT2D eigenvalue weighted by molar-refractivity contribution is -0.270. The molecule has 3 aromatic heterocycles. The Morgan fingerprint density at radius 3 is 2.71 bits per heavy atom. The molecule has 3 heterocycles. The molecular weight excluding hydrogens is 429 g/mol. The summed E-state index contributed by atoms with van der Waals surface area (Å²) in [6, 6.07) is 10.1. The van der Waals surface area contributed by atoms with Crippen LogP contribution in [0.25, 0.3) is 21.2 Å². The second-order valence-electron chi connectivity index (χ2n) is 7.53. The standard InChI is InChI=1S/C21H17F3N4O2S/c1-28-9-8-25-19(28)20(29,21(22,23)24)11-16-26-18(30-27-16)15-10-13-7-6-12-4-2-3-5-14(12)17(13)31-15/h2-5,8-10,29H,6-7,11H2,1H3. The van der Waals surface area contributed by atoms with Crippen molar-refractivity contribution >= 4 is 11.3 Å². The van der Waals surface area contributed by atoms with E-state index < -0.39 is 24.0 Å². The number of nitrogens with zero attached hydrogens (tertiary/aromatic N) is 4. The predicted octanol–water partition coefficient (Wildman–Crippen LogP) is 4.29. The van der Waals surface area contributed by atoms with Crippen LogP contribution < -0.4 is 0 Å². The van der Waals surface area contributed by atoms with Gasteiger partial charge in [0.15, 0.2) is 11.6 Å². The Balaban J connectivity index is 1.48. The molecule has 6 nitrogen and oxygen atoms in total. The number of halogens is 3. The molecule has 1 unspecified atom stereocenters. The molecule has 0 fully saturated rings. The van der Waals surface area contributed by atoms with Gasteiger partial charge in [-0.05, 0) is 35.6 Å². The van der Waals surface area contributed by atoms with Gasteiger partial charge in [0.25, 0.3) is 5.89 Å². The van der Waals surface area contributed by atoms with E-state index in [0.29, 0.717) is 4.88 Å². The number of aromatic nitrogens is 4. The van der Waals surface area contributed by atoms with Crippen LogP contribution in [0.5, 0.6) is 0 Å². The second-order valence-corrected chi connectivity index (χ2v) is 8.59. The molecule has 1 aliphatic rings. The molecule has 1 aliphatic carbocycles. The third kappa shape index (κ3) is 3.26. The number of thiophene rings is 1. The van der Waals surface area contributed by atoms with E-state index >= 15 is 0 Å². The minimum atomic E-state index is -4.97. The Hall–Kier alpha value is -2.98. The maximum Gasteiger partial charge on any atom is 0.425 e. The molecule has 10 heteroatoms. The molecule has 0 aliphatic heterocycles. The number of hydrogen-bond acceptors (Lipinski definition) is 6. The quantitative estimate of drug-likeness (QED) is 0.506. The lowest BCUT2D eigenvalue weighted by Gasteiger charge is -2.28. The maximum absolute atomic E-state index is 13.8. The summed E-state index contributed by atoms with van der Waals surface area (Å²) in [6.07, 6.45) is -1.55. The van der Waals surface area contributed by atoms with Gasteiger partial charge < -0.3 is 14.2 Å². The van der Waals surface area contributed by atoms with Gasteiger partial charge in [-0.2, -0.15) is 18.2 Å². The van der Waals surface area contributed by atoms with E-state index in [0.717, 1.165) is 33.4 Å². The molecule has 1 N–H and O–H groups in total. The first-order chi connectivity index (χ1) is 14.8. The van der Waals surface area contributed by atoms with Crippen molar-refractivity contribution in [2.75, 3.05) is 0 Å². The number of aliphatic hydroxyl groups is 1. The first-order valence-corrected chi connectivity index (χ1v) is 10.4. The predicted molar refractivity (Wildman–Crippen MR) is 107 cm³/mol. The van der Waals surface area contributed by atoms with E-state index in [1.54, 1.807) is 0 Å². The van der Waals surface area contributed by atoms with E-state index in [4.69, 9.17) is 4.52 Å². The molecule has 0 bridgehead atoms. The molecule has 5 rings (SSSR count). The first-order valence-electron chi connectivity index (χ1n) is 9.57. The van der Waals surface area contributed by atoms with Crippen molar-refractivity contribution in [3.63, 3.8) is 0 Å². The Labute approximate surface area is 179 Å². The summed E-state index contributed by atoms with van der Waals surface area (Å²) < 4.78 is 47.7. The monoisotopic (exact) mass is 446 g/mol. The van der Waals surface area contributed by atoms with E-state index in [2.05, 4.69) is 27.3 Å². The smallest absolute Gasteiger partial charge is 0.374 e. The second kappa shape index (κ2) is 7.03. The number of fused-ring (bicyclic) bond motifs is 3. The van der Waals surface area contributed by atoms with Crippen molar-refractivity contribution in [3.05, 3.63) is 65.5 Å². The Kier molecular flexibility index (Phi) is 4.52. The van der Waals surface area contributed by atoms with Crippen LogP contribution in [-0.4, -0.2) is 31.0 Å². The molecule has 160 valence electrons. The zero-order valence-corrected chi connectivity index (χ0v) is 17.2. The Morgan fingerprint density at radius 2 is 1.97 bits per heavy atom. The fourth-order valence-electron chi connectivity index (χ4n) is 3.90. The minimum absolute atomic E-state index is 0.135. The van der Waals surface area contributed by atoms with E-state index in [1.165, 1.54) is 36.3 Å². The van der Waals surface area contributed by atoms with Crippen LogP contribution in [-0.2, 0) is 31.9 Å². The largest absolute Gasteiger partial charge is 0.425 e. The number of aryl methyl sites for hydroxylation is 3. The highest BCUT2D eigenvalue weighted by Crippen LogP contribution is 2.43. The van der Waals surface area contributed by atoms with Crippen LogP contribution in [0, 0.1) is 0 Å². The molecule has 0 spiro atoms. The third-order valence-electron chi connectivity index (χ3n) is 5.49. The van der Waals surface area contributed by atoms with Gasteiger partial charge in [0, 0.05) is 24.3 Å². The van der Waals surface area contributed by atoms with Gasteiger partial charge in [-0.3, -0.25) is 0 Å². The summed E-state index contributed by atoms with van der Waals surface area (Å²) in [5, 5.41) is 14.2. The first kappa shape index (κ1) is 20.0. The van der Waals surface area contributed by atoms with Gasteiger partial charge in [0.05, 0.1) is 11.3 Å². The molecule has 0 saturated carbocycles. The highest BCUT2D eigenvalue weighted by Gasteiger charge is 2.58. The maximum atomic E-state index is 13.8. The molecule has 4 aromatic rings. The van der Waals surface area contributed by atoms with Crippen LogP contribution in [0.15, 0.2) is 47.2 Å². The highest BCUT2D eigenvalue weighted by atomic mass is 32.1. The van der Waals surface area contributed by atoms with Crippen molar-refractivity contribution < 1.29 is 22.8 Å². The summed E-state index contributed by atoms with van der Waals surface area (Å²) in [4.78, 5) is 9.64. The minimum Gasteiger partial charge on any atom is -0.374 e. The Morgan fingerprint density at radius 1 is 1.19 bits per heavy atom. The van der Waals surface area contributed by atoms with Crippen LogP contribution >= 0.6 is 11.3 Å². The molecule has 0 amide bonds. The van der Waals surface area contributed by atoms with Gasteiger partial charge in [-0.25, -0.2) is 4.98 Å². The zero-order valence-electron chi connectivity index (χ0n) is 16.3. The third-order valence-corrected chi connectivity index (χ3v) is 6.69. The fourth-order valence-corrected chi connectivity index (χ4v) is 5.09. The number of imidazole rings is 1. The van der Waals surface area contributed by atoms with E-state index in [-0.39, 0.29) is 11.7 Å². The molecule has 31 heavy (non-hydrogen) atoms. The normalized spacial score (nSPS) is 15.4. The molecular formula is C21H17F3N4O2S. The van der Waals surface area contributed by atoms with Gasteiger partial charge >= 0.3 is 6.18 Å². The highest BCUT2D eigenvalue weighted by molar-refractivity contribution is 7.19. The average Bonchev–Trinajstić information content (AvgIpc) is 3.46. The van der Waals surface area contributed by atoms with Crippen LogP contribution in [0.3, 0.4) is 0 Å². The molecule has 0 saturated heterocycles. The number of hydrogen-bond donors (Lipinski definition) is 1. The van der Waals surface area contributed by atoms with Crippen LogP contribution in [0.2, 0.25) is 0 Å². The Bertz CT molecular complexity index is 1260. The van der Waals surface area contributed by atoms with E-state index in [1.807, 2.05) is 18.2 Å². The lowest BCUT2D eigenvalue weighted by Crippen LogP contribution is -2.46. The van der Waals surface area contributed by atoms with Gasteiger partial charge in [-0.1, -0.05) is 29.4 Å². The molecule has 0 radical (unpaired) electrons. The number of alkyl halides is 3. The fraction of sp³-hybridized carbons (Fsp3) is 0.286. The summed E-state index contributed by atoms with van der Waals surface area (Å²) in [5.41, 5.74) is 0.333. The molecule has 1 atom stereocenters. The van der Waals surface area contributed by atoms with Crippen LogP contribution in [0.4, 0.5) is 13.2 Å². The van der Waals surface area contributed by atoms with Crippen molar-refractivity contribution in [2.24, 2.45) is 7.05 Å². The summed E-state index contributed by atoms with van der Waals surface area (Å²) in [7, 11) is 1.38.